The van der Waals surface area contributed by atoms with Gasteiger partial charge in [0.25, 0.3) is 0 Å². The summed E-state index contributed by atoms with van der Waals surface area (Å²) in [4.78, 5) is 15.7. The lowest BCUT2D eigenvalue weighted by Gasteiger charge is -2.24. The molecule has 1 aromatic heterocycles. The topological polar surface area (TPSA) is 74.2 Å². The highest BCUT2D eigenvalue weighted by Gasteiger charge is 2.20. The van der Waals surface area contributed by atoms with Crippen LogP contribution in [0.15, 0.2) is 11.6 Å². The number of thiazole rings is 1. The molecule has 0 aromatic carbocycles. The maximum Gasteiger partial charge on any atom is 0.243 e. The normalized spacial score (nSPS) is 13.4. The van der Waals surface area contributed by atoms with E-state index in [-0.39, 0.29) is 24.0 Å². The monoisotopic (exact) mass is 257 g/mol. The minimum Gasteiger partial charge on any atom is -0.396 e. The van der Waals surface area contributed by atoms with E-state index in [0.717, 1.165) is 0 Å². The van der Waals surface area contributed by atoms with Gasteiger partial charge < -0.3 is 15.7 Å². The second-order valence-electron chi connectivity index (χ2n) is 4.75. The van der Waals surface area contributed by atoms with Crippen molar-refractivity contribution in [1.29, 1.82) is 0 Å². The summed E-state index contributed by atoms with van der Waals surface area (Å²) in [6, 6.07) is -0.315. The molecule has 1 rings (SSSR count). The summed E-state index contributed by atoms with van der Waals surface area (Å²) in [5.41, 5.74) is -0.226. The summed E-state index contributed by atoms with van der Waals surface area (Å²) in [5.74, 6) is -0.117. The highest BCUT2D eigenvalue weighted by Crippen LogP contribution is 2.13. The Labute approximate surface area is 105 Å². The molecule has 1 aromatic rings. The van der Waals surface area contributed by atoms with Gasteiger partial charge in [0, 0.05) is 30.1 Å². The van der Waals surface area contributed by atoms with E-state index >= 15 is 0 Å². The van der Waals surface area contributed by atoms with Gasteiger partial charge >= 0.3 is 0 Å². The number of hydrogen-bond acceptors (Lipinski definition) is 5. The van der Waals surface area contributed by atoms with Crippen LogP contribution in [-0.4, -0.2) is 35.2 Å². The van der Waals surface area contributed by atoms with Crippen LogP contribution in [0, 0.1) is 5.41 Å². The maximum absolute atomic E-state index is 11.7. The summed E-state index contributed by atoms with van der Waals surface area (Å²) < 4.78 is 0. The van der Waals surface area contributed by atoms with Crippen LogP contribution >= 0.6 is 11.3 Å². The van der Waals surface area contributed by atoms with Gasteiger partial charge in [0.2, 0.25) is 5.91 Å². The largest absolute Gasteiger partial charge is 0.396 e. The summed E-state index contributed by atoms with van der Waals surface area (Å²) in [6.07, 6.45) is 1.65. The number of nitrogens with one attached hydrogen (secondary N) is 2. The highest BCUT2D eigenvalue weighted by molar-refractivity contribution is 7.13. The van der Waals surface area contributed by atoms with Crippen molar-refractivity contribution in [3.8, 4) is 0 Å². The molecule has 1 heterocycles. The van der Waals surface area contributed by atoms with Gasteiger partial charge in [-0.25, -0.2) is 4.98 Å². The molecule has 1 atom stereocenters. The van der Waals surface area contributed by atoms with E-state index < -0.39 is 0 Å². The molecular formula is C11H19N3O2S. The first-order chi connectivity index (χ1) is 7.94. The predicted molar refractivity (Wildman–Crippen MR) is 69.1 cm³/mol. The Kier molecular flexibility index (Phi) is 5.04. The molecule has 5 nitrogen and oxygen atoms in total. The second-order valence-corrected chi connectivity index (χ2v) is 5.65. The van der Waals surface area contributed by atoms with E-state index in [9.17, 15) is 4.79 Å². The van der Waals surface area contributed by atoms with Crippen molar-refractivity contribution < 1.29 is 9.90 Å². The number of aliphatic hydroxyl groups is 1. The Bertz CT molecular complexity index is 352. The van der Waals surface area contributed by atoms with Crippen molar-refractivity contribution in [2.75, 3.05) is 18.5 Å². The molecule has 0 aliphatic carbocycles. The molecular weight excluding hydrogens is 238 g/mol. The van der Waals surface area contributed by atoms with E-state index in [1.807, 2.05) is 19.2 Å². The SMILES string of the molecule is C[C@H](NCC(C)(C)CO)C(=O)Nc1nccs1. The van der Waals surface area contributed by atoms with Crippen molar-refractivity contribution in [2.24, 2.45) is 5.41 Å². The molecule has 17 heavy (non-hydrogen) atoms. The van der Waals surface area contributed by atoms with Crippen LogP contribution in [0.1, 0.15) is 20.8 Å². The molecule has 0 aliphatic rings. The first-order valence-corrected chi connectivity index (χ1v) is 6.37. The van der Waals surface area contributed by atoms with Crippen LogP contribution in [0.3, 0.4) is 0 Å². The first-order valence-electron chi connectivity index (χ1n) is 5.49. The number of aliphatic hydroxyl groups excluding tert-OH is 1. The van der Waals surface area contributed by atoms with Gasteiger partial charge in [-0.15, -0.1) is 11.3 Å². The molecule has 0 saturated heterocycles. The molecule has 0 unspecified atom stereocenters. The van der Waals surface area contributed by atoms with E-state index in [2.05, 4.69) is 15.6 Å². The highest BCUT2D eigenvalue weighted by atomic mass is 32.1. The lowest BCUT2D eigenvalue weighted by molar-refractivity contribution is -0.117. The summed E-state index contributed by atoms with van der Waals surface area (Å²) in [5, 5.41) is 17.3. The predicted octanol–water partition coefficient (Wildman–Crippen LogP) is 1.08. The Morgan fingerprint density at radius 3 is 2.88 bits per heavy atom. The number of carbonyl (C=O) groups is 1. The Hall–Kier alpha value is -0.980. The summed E-state index contributed by atoms with van der Waals surface area (Å²) in [6.45, 7) is 6.32. The van der Waals surface area contributed by atoms with E-state index in [4.69, 9.17) is 5.11 Å². The number of nitrogens with zero attached hydrogens (tertiary/aromatic N) is 1. The molecule has 0 bridgehead atoms. The zero-order valence-electron chi connectivity index (χ0n) is 10.4. The van der Waals surface area contributed by atoms with Gasteiger partial charge in [-0.2, -0.15) is 0 Å². The number of rotatable bonds is 6. The number of aromatic nitrogens is 1. The van der Waals surface area contributed by atoms with Crippen molar-refractivity contribution in [2.45, 2.75) is 26.8 Å². The van der Waals surface area contributed by atoms with E-state index in [1.54, 1.807) is 13.1 Å². The van der Waals surface area contributed by atoms with Gasteiger partial charge in [0.1, 0.15) is 0 Å². The summed E-state index contributed by atoms with van der Waals surface area (Å²) in [7, 11) is 0. The average molecular weight is 257 g/mol. The standard InChI is InChI=1S/C11H19N3O2S/c1-8(13-6-11(2,3)7-15)9(16)14-10-12-4-5-17-10/h4-5,8,13,15H,6-7H2,1-3H3,(H,12,14,16)/t8-/m0/s1. The number of carbonyl (C=O) groups excluding carboxylic acids is 1. The Morgan fingerprint density at radius 1 is 1.65 bits per heavy atom. The van der Waals surface area contributed by atoms with Crippen molar-refractivity contribution >= 4 is 22.4 Å². The van der Waals surface area contributed by atoms with Gasteiger partial charge in [-0.1, -0.05) is 13.8 Å². The Morgan fingerprint density at radius 2 is 2.35 bits per heavy atom. The quantitative estimate of drug-likeness (QED) is 0.713. The minimum absolute atomic E-state index is 0.0841. The number of hydrogen-bond donors (Lipinski definition) is 3. The molecule has 6 heteroatoms. The van der Waals surface area contributed by atoms with Gasteiger partial charge in [0.15, 0.2) is 5.13 Å². The first kappa shape index (κ1) is 14.1. The summed E-state index contributed by atoms with van der Waals surface area (Å²) >= 11 is 1.39. The van der Waals surface area contributed by atoms with E-state index in [1.165, 1.54) is 11.3 Å². The van der Waals surface area contributed by atoms with Gasteiger partial charge in [-0.3, -0.25) is 4.79 Å². The smallest absolute Gasteiger partial charge is 0.243 e. The zero-order chi connectivity index (χ0) is 12.9. The van der Waals surface area contributed by atoms with Crippen LogP contribution in [0.4, 0.5) is 5.13 Å². The van der Waals surface area contributed by atoms with Crippen molar-refractivity contribution in [3.63, 3.8) is 0 Å². The third-order valence-electron chi connectivity index (χ3n) is 2.37. The molecule has 0 aliphatic heterocycles. The lowest BCUT2D eigenvalue weighted by atomic mass is 9.94. The third-order valence-corrected chi connectivity index (χ3v) is 3.06. The molecule has 1 amide bonds. The molecule has 0 spiro atoms. The molecule has 0 saturated carbocycles. The van der Waals surface area contributed by atoms with Gasteiger partial charge in [0.05, 0.1) is 6.04 Å². The van der Waals surface area contributed by atoms with Crippen LogP contribution in [0.2, 0.25) is 0 Å². The maximum atomic E-state index is 11.7. The second kappa shape index (κ2) is 6.09. The molecule has 96 valence electrons. The van der Waals surface area contributed by atoms with Crippen LogP contribution < -0.4 is 10.6 Å². The Balaban J connectivity index is 2.37. The molecule has 3 N–H and O–H groups in total. The fraction of sp³-hybridized carbons (Fsp3) is 0.636. The van der Waals surface area contributed by atoms with Gasteiger partial charge in [-0.05, 0) is 6.92 Å². The minimum atomic E-state index is -0.315. The third kappa shape index (κ3) is 4.80. The number of anilines is 1. The number of amides is 1. The molecule has 0 fully saturated rings. The van der Waals surface area contributed by atoms with E-state index in [0.29, 0.717) is 11.7 Å². The average Bonchev–Trinajstić information content (AvgIpc) is 2.78. The fourth-order valence-corrected chi connectivity index (χ4v) is 1.61. The van der Waals surface area contributed by atoms with Crippen molar-refractivity contribution in [1.82, 2.24) is 10.3 Å². The van der Waals surface area contributed by atoms with Crippen LogP contribution in [0.5, 0.6) is 0 Å². The zero-order valence-corrected chi connectivity index (χ0v) is 11.2. The van der Waals surface area contributed by atoms with Crippen LogP contribution in [0.25, 0.3) is 0 Å². The lowest BCUT2D eigenvalue weighted by Crippen LogP contribution is -2.43. The molecule has 0 radical (unpaired) electrons. The fourth-order valence-electron chi connectivity index (χ4n) is 1.08. The van der Waals surface area contributed by atoms with Crippen molar-refractivity contribution in [3.05, 3.63) is 11.6 Å². The van der Waals surface area contributed by atoms with Crippen LogP contribution in [-0.2, 0) is 4.79 Å².